The van der Waals surface area contributed by atoms with Gasteiger partial charge in [0.1, 0.15) is 35.7 Å². The molecule has 0 spiro atoms. The summed E-state index contributed by atoms with van der Waals surface area (Å²) < 4.78 is 0. The molecular formula is C39H60N10O14. The third-order valence-corrected chi connectivity index (χ3v) is 11.0. The molecule has 2 aliphatic carbocycles. The van der Waals surface area contributed by atoms with Crippen LogP contribution in [-0.4, -0.2) is 131 Å². The van der Waals surface area contributed by atoms with Gasteiger partial charge in [0, 0.05) is 6.42 Å². The van der Waals surface area contributed by atoms with Crippen molar-refractivity contribution in [1.29, 1.82) is 0 Å². The molecule has 0 bridgehead atoms. The first-order valence-corrected chi connectivity index (χ1v) is 21.2. The van der Waals surface area contributed by atoms with Crippen LogP contribution in [0.4, 0.5) is 0 Å². The molecular weight excluding hydrogens is 832 g/mol. The van der Waals surface area contributed by atoms with E-state index in [1.165, 1.54) is 0 Å². The maximum absolute atomic E-state index is 14.2. The number of carboxylic acids is 3. The summed E-state index contributed by atoms with van der Waals surface area (Å²) in [6, 6.07) is -7.14. The number of tetrazole rings is 1. The van der Waals surface area contributed by atoms with Crippen molar-refractivity contribution < 1.29 is 68.1 Å². The average molecular weight is 893 g/mol. The van der Waals surface area contributed by atoms with Gasteiger partial charge >= 0.3 is 23.9 Å². The van der Waals surface area contributed by atoms with Crippen LogP contribution in [0.3, 0.4) is 0 Å². The van der Waals surface area contributed by atoms with E-state index in [-0.39, 0.29) is 30.5 Å². The number of carbonyl (C=O) groups excluding carboxylic acids is 7. The quantitative estimate of drug-likeness (QED) is 0.0380. The number of nitrogens with one attached hydrogen (secondary N) is 7. The fourth-order valence-corrected chi connectivity index (χ4v) is 7.08. The minimum absolute atomic E-state index is 0.00467. The number of nitrogens with zero attached hydrogens (tertiary/aromatic N) is 3. The van der Waals surface area contributed by atoms with Crippen LogP contribution in [0.1, 0.15) is 135 Å². The molecule has 0 saturated heterocycles. The monoisotopic (exact) mass is 892 g/mol. The van der Waals surface area contributed by atoms with Crippen LogP contribution < -0.4 is 32.1 Å². The average Bonchev–Trinajstić information content (AvgIpc) is 3.79. The van der Waals surface area contributed by atoms with Crippen molar-refractivity contribution in [1.82, 2.24) is 52.7 Å². The molecule has 6 atom stereocenters. The number of aromatic nitrogens is 4. The van der Waals surface area contributed by atoms with Crippen molar-refractivity contribution in [2.45, 2.75) is 160 Å². The van der Waals surface area contributed by atoms with Crippen LogP contribution >= 0.6 is 0 Å². The molecule has 1 heterocycles. The number of carbonyl (C=O) groups is 10. The Morgan fingerprint density at radius 1 is 0.730 bits per heavy atom. The third-order valence-electron chi connectivity index (χ3n) is 11.0. The number of Topliss-reactive ketones (excluding diaryl/α,β-unsaturated/α-hetero) is 1. The first-order valence-electron chi connectivity index (χ1n) is 21.2. The van der Waals surface area contributed by atoms with Crippen molar-refractivity contribution in [3.63, 3.8) is 0 Å². The number of aliphatic carboxylic acids is 3. The second-order valence-corrected chi connectivity index (χ2v) is 16.6. The topological polar surface area (TPSA) is 367 Å². The zero-order chi connectivity index (χ0) is 46.9. The molecule has 0 aromatic carbocycles. The second-order valence-electron chi connectivity index (χ2n) is 16.6. The van der Waals surface area contributed by atoms with Gasteiger partial charge in [0.25, 0.3) is 0 Å². The maximum atomic E-state index is 14.2. The molecule has 5 amide bonds. The van der Waals surface area contributed by atoms with Gasteiger partial charge in [-0.25, -0.2) is 0 Å². The fourth-order valence-electron chi connectivity index (χ4n) is 7.08. The summed E-state index contributed by atoms with van der Waals surface area (Å²) in [5.41, 5.74) is 0.695. The summed E-state index contributed by atoms with van der Waals surface area (Å²) in [7, 11) is 0. The highest BCUT2D eigenvalue weighted by molar-refractivity contribution is 6.05. The summed E-state index contributed by atoms with van der Waals surface area (Å²) in [4.78, 5) is 133. The van der Waals surface area contributed by atoms with E-state index in [1.807, 2.05) is 5.48 Å². The highest BCUT2D eigenvalue weighted by Crippen LogP contribution is 2.38. The third kappa shape index (κ3) is 17.0. The van der Waals surface area contributed by atoms with Gasteiger partial charge in [0.05, 0.1) is 19.3 Å². The first-order chi connectivity index (χ1) is 29.7. The number of hydrogen-bond acceptors (Lipinski definition) is 15. The van der Waals surface area contributed by atoms with Crippen LogP contribution in [0.25, 0.3) is 0 Å². The van der Waals surface area contributed by atoms with Crippen molar-refractivity contribution in [3.05, 3.63) is 5.82 Å². The van der Waals surface area contributed by atoms with Gasteiger partial charge in [-0.1, -0.05) is 66.2 Å². The number of aromatic amines is 1. The molecule has 2 fully saturated rings. The molecule has 10 N–H and O–H groups in total. The summed E-state index contributed by atoms with van der Waals surface area (Å²) in [6.07, 6.45) is 2.56. The van der Waals surface area contributed by atoms with Gasteiger partial charge in [0.15, 0.2) is 0 Å². The molecule has 1 aromatic rings. The standard InChI is InChI=1S/C39H60N10O14/c1-5-21(4)31(38(62)42-25(18-22-9-7-6-8-10-22)37(61)44-39(15-16-39)32(57)33-45-48-49-46-33)43-35(59)24(17-20(2)3)41-34(58)23(11-12-27(50)51)40-36(60)26(19-29(54)55)47-63-30(56)14-13-28(52)53/h20-26,31,47H,5-19H2,1-4H3,(H,40,60)(H,41,58)(H,42,62)(H,43,59)(H,44,61)(H,50,51)(H,52,53)(H,54,55)(H,45,46,48,49)/t21-,23-,24+,25+,26+,31+/m1/s1. The Hall–Kier alpha value is -6.07. The highest BCUT2D eigenvalue weighted by atomic mass is 16.7. The van der Waals surface area contributed by atoms with Crippen molar-refractivity contribution in [2.75, 3.05) is 0 Å². The lowest BCUT2D eigenvalue weighted by molar-refractivity contribution is -0.159. The molecule has 24 heteroatoms. The van der Waals surface area contributed by atoms with E-state index in [2.05, 4.69) is 52.0 Å². The Bertz CT molecular complexity index is 1800. The molecule has 63 heavy (non-hydrogen) atoms. The van der Waals surface area contributed by atoms with E-state index in [1.54, 1.807) is 27.7 Å². The van der Waals surface area contributed by atoms with Crippen LogP contribution in [-0.2, 0) is 48.0 Å². The lowest BCUT2D eigenvalue weighted by Crippen LogP contribution is -2.61. The van der Waals surface area contributed by atoms with Crippen LogP contribution in [0.15, 0.2) is 0 Å². The van der Waals surface area contributed by atoms with Gasteiger partial charge in [-0.15, -0.1) is 15.7 Å². The van der Waals surface area contributed by atoms with Gasteiger partial charge < -0.3 is 46.7 Å². The SMILES string of the molecule is CC[C@@H](C)[C@H](NC(=O)[C@H](CC(C)C)NC(=O)[C@@H](CCC(=O)O)NC(=O)[C@H](CC(=O)O)NOC(=O)CCC(=O)O)C(=O)N[C@@H](CC1CCCCC1)C(=O)NC1(C(=O)c2nn[nH]n2)CC1. The minimum atomic E-state index is -1.81. The predicted molar refractivity (Wildman–Crippen MR) is 215 cm³/mol. The number of amides is 5. The predicted octanol–water partition coefficient (Wildman–Crippen LogP) is -0.346. The van der Waals surface area contributed by atoms with Crippen LogP contribution in [0.5, 0.6) is 0 Å². The number of ketones is 1. The van der Waals surface area contributed by atoms with E-state index in [0.717, 1.165) is 32.1 Å². The Balaban J connectivity index is 1.81. The normalized spacial score (nSPS) is 17.3. The van der Waals surface area contributed by atoms with Crippen LogP contribution in [0, 0.1) is 17.8 Å². The van der Waals surface area contributed by atoms with Crippen molar-refractivity contribution in [2.24, 2.45) is 17.8 Å². The fraction of sp³-hybridized carbons (Fsp3) is 0.718. The molecule has 3 rings (SSSR count). The molecule has 0 unspecified atom stereocenters. The molecule has 0 aliphatic heterocycles. The molecule has 24 nitrogen and oxygen atoms in total. The van der Waals surface area contributed by atoms with Crippen LogP contribution in [0.2, 0.25) is 0 Å². The largest absolute Gasteiger partial charge is 0.481 e. The van der Waals surface area contributed by atoms with E-state index in [0.29, 0.717) is 19.3 Å². The zero-order valence-electron chi connectivity index (χ0n) is 35.9. The number of carboxylic acid groups (broad SMARTS) is 3. The summed E-state index contributed by atoms with van der Waals surface area (Å²) >= 11 is 0. The molecule has 2 saturated carbocycles. The maximum Gasteiger partial charge on any atom is 0.325 e. The van der Waals surface area contributed by atoms with Gasteiger partial charge in [0.2, 0.25) is 41.1 Å². The number of rotatable bonds is 28. The van der Waals surface area contributed by atoms with Gasteiger partial charge in [-0.2, -0.15) is 5.21 Å². The Kier molecular flexibility index (Phi) is 20.0. The summed E-state index contributed by atoms with van der Waals surface area (Å²) in [5, 5.41) is 53.8. The molecule has 2 aliphatic rings. The summed E-state index contributed by atoms with van der Waals surface area (Å²) in [6.45, 7) is 7.00. The minimum Gasteiger partial charge on any atom is -0.481 e. The lowest BCUT2D eigenvalue weighted by Gasteiger charge is -2.31. The van der Waals surface area contributed by atoms with Gasteiger partial charge in [-0.05, 0) is 55.1 Å². The Morgan fingerprint density at radius 3 is 1.89 bits per heavy atom. The van der Waals surface area contributed by atoms with Crippen molar-refractivity contribution in [3.8, 4) is 0 Å². The lowest BCUT2D eigenvalue weighted by atomic mass is 9.84. The number of hydrogen-bond donors (Lipinski definition) is 10. The summed E-state index contributed by atoms with van der Waals surface area (Å²) in [5.74, 6) is -11.0. The molecule has 350 valence electrons. The zero-order valence-corrected chi connectivity index (χ0v) is 35.9. The van der Waals surface area contributed by atoms with E-state index < -0.39 is 133 Å². The molecule has 1 aromatic heterocycles. The van der Waals surface area contributed by atoms with E-state index in [9.17, 15) is 58.2 Å². The molecule has 0 radical (unpaired) electrons. The first kappa shape index (κ1) is 51.3. The Morgan fingerprint density at radius 2 is 1.33 bits per heavy atom. The van der Waals surface area contributed by atoms with E-state index >= 15 is 0 Å². The van der Waals surface area contributed by atoms with Gasteiger partial charge in [-0.3, -0.25) is 47.9 Å². The Labute approximate surface area is 362 Å². The van der Waals surface area contributed by atoms with E-state index in [4.69, 9.17) is 5.11 Å². The smallest absolute Gasteiger partial charge is 0.325 e. The number of H-pyrrole nitrogens is 1. The second kappa shape index (κ2) is 24.5. The highest BCUT2D eigenvalue weighted by Gasteiger charge is 2.53. The number of hydroxylamine groups is 1. The van der Waals surface area contributed by atoms with Crippen molar-refractivity contribution >= 4 is 59.2 Å².